The second kappa shape index (κ2) is 8.39. The number of fused-ring (bicyclic) bond motifs is 1. The standard InChI is InChI=1S/C21H24FNO4/c1-25-19-10-15-8-9-23(13-14-4-6-16(22)7-5-14)18(12-21(24)27-3)17(15)11-20(19)26-2/h4-7,10-11,18H,8-9,12-13H2,1-3H3/t18-/m1/s1. The Hall–Kier alpha value is -2.60. The van der Waals surface area contributed by atoms with Gasteiger partial charge in [-0.1, -0.05) is 12.1 Å². The SMILES string of the molecule is COC(=O)C[C@@H]1c2cc(OC)c(OC)cc2CCN1Cc1ccc(F)cc1. The summed E-state index contributed by atoms with van der Waals surface area (Å²) in [5.74, 6) is 0.784. The van der Waals surface area contributed by atoms with Crippen LogP contribution in [0.5, 0.6) is 11.5 Å². The van der Waals surface area contributed by atoms with Crippen molar-refractivity contribution in [1.29, 1.82) is 0 Å². The van der Waals surface area contributed by atoms with E-state index in [0.29, 0.717) is 18.0 Å². The third-order valence-corrected chi connectivity index (χ3v) is 5.00. The molecule has 0 aliphatic carbocycles. The largest absolute Gasteiger partial charge is 0.493 e. The first-order valence-electron chi connectivity index (χ1n) is 8.85. The number of carbonyl (C=O) groups excluding carboxylic acids is 1. The molecule has 1 heterocycles. The lowest BCUT2D eigenvalue weighted by atomic mass is 9.89. The fraction of sp³-hybridized carbons (Fsp3) is 0.381. The van der Waals surface area contributed by atoms with Crippen LogP contribution < -0.4 is 9.47 Å². The highest BCUT2D eigenvalue weighted by molar-refractivity contribution is 5.70. The Balaban J connectivity index is 1.95. The molecule has 0 radical (unpaired) electrons. The minimum Gasteiger partial charge on any atom is -0.493 e. The number of benzene rings is 2. The fourth-order valence-corrected chi connectivity index (χ4v) is 3.57. The van der Waals surface area contributed by atoms with E-state index in [4.69, 9.17) is 14.2 Å². The molecule has 3 rings (SSSR count). The summed E-state index contributed by atoms with van der Waals surface area (Å²) in [6.45, 7) is 1.40. The van der Waals surface area contributed by atoms with Crippen LogP contribution in [0.2, 0.25) is 0 Å². The maximum Gasteiger partial charge on any atom is 0.307 e. The lowest BCUT2D eigenvalue weighted by Crippen LogP contribution is -2.36. The molecule has 0 aromatic heterocycles. The summed E-state index contributed by atoms with van der Waals surface area (Å²) in [4.78, 5) is 14.3. The predicted octanol–water partition coefficient (Wildman–Crippen LogP) is 3.51. The molecule has 0 N–H and O–H groups in total. The van der Waals surface area contributed by atoms with Gasteiger partial charge in [0.05, 0.1) is 27.8 Å². The first-order chi connectivity index (χ1) is 13.0. The van der Waals surface area contributed by atoms with Crippen LogP contribution in [0, 0.1) is 5.82 Å². The number of halogens is 1. The highest BCUT2D eigenvalue weighted by Gasteiger charge is 2.31. The van der Waals surface area contributed by atoms with Crippen molar-refractivity contribution in [1.82, 2.24) is 4.90 Å². The van der Waals surface area contributed by atoms with Gasteiger partial charge in [-0.2, -0.15) is 0 Å². The van der Waals surface area contributed by atoms with Gasteiger partial charge in [0.2, 0.25) is 0 Å². The van der Waals surface area contributed by atoms with Crippen LogP contribution in [-0.4, -0.2) is 38.7 Å². The van der Waals surface area contributed by atoms with E-state index in [9.17, 15) is 9.18 Å². The molecule has 1 aliphatic rings. The molecule has 0 spiro atoms. The average Bonchev–Trinajstić information content (AvgIpc) is 2.70. The first kappa shape index (κ1) is 19.2. The maximum absolute atomic E-state index is 13.2. The molecule has 0 amide bonds. The zero-order chi connectivity index (χ0) is 19.4. The van der Waals surface area contributed by atoms with Crippen molar-refractivity contribution in [3.63, 3.8) is 0 Å². The van der Waals surface area contributed by atoms with Gasteiger partial charge in [0, 0.05) is 19.1 Å². The molecule has 2 aromatic rings. The van der Waals surface area contributed by atoms with Crippen LogP contribution in [0.4, 0.5) is 4.39 Å². The van der Waals surface area contributed by atoms with Crippen molar-refractivity contribution >= 4 is 5.97 Å². The Morgan fingerprint density at radius 2 is 1.78 bits per heavy atom. The van der Waals surface area contributed by atoms with Crippen LogP contribution in [0.1, 0.15) is 29.2 Å². The molecule has 27 heavy (non-hydrogen) atoms. The summed E-state index contributed by atoms with van der Waals surface area (Å²) in [7, 11) is 4.60. The van der Waals surface area contributed by atoms with Gasteiger partial charge < -0.3 is 14.2 Å². The molecule has 144 valence electrons. The second-order valence-electron chi connectivity index (χ2n) is 6.55. The van der Waals surface area contributed by atoms with E-state index in [1.165, 1.54) is 19.2 Å². The summed E-state index contributed by atoms with van der Waals surface area (Å²) < 4.78 is 29.0. The molecular formula is C21H24FNO4. The van der Waals surface area contributed by atoms with Crippen molar-refractivity contribution in [2.24, 2.45) is 0 Å². The monoisotopic (exact) mass is 373 g/mol. The van der Waals surface area contributed by atoms with Gasteiger partial charge in [0.15, 0.2) is 11.5 Å². The molecule has 0 saturated carbocycles. The molecule has 1 aliphatic heterocycles. The van der Waals surface area contributed by atoms with Crippen LogP contribution in [-0.2, 0) is 22.5 Å². The molecule has 0 saturated heterocycles. The minimum atomic E-state index is -0.272. The van der Waals surface area contributed by atoms with E-state index in [1.807, 2.05) is 12.1 Å². The number of hydrogen-bond donors (Lipinski definition) is 0. The summed E-state index contributed by atoms with van der Waals surface area (Å²) in [6, 6.07) is 10.2. The van der Waals surface area contributed by atoms with Crippen LogP contribution in [0.15, 0.2) is 36.4 Å². The Bertz CT molecular complexity index is 807. The van der Waals surface area contributed by atoms with E-state index < -0.39 is 0 Å². The van der Waals surface area contributed by atoms with Gasteiger partial charge in [-0.25, -0.2) is 4.39 Å². The molecule has 0 bridgehead atoms. The first-order valence-corrected chi connectivity index (χ1v) is 8.85. The normalized spacial score (nSPS) is 16.5. The number of rotatable bonds is 6. The number of nitrogens with zero attached hydrogens (tertiary/aromatic N) is 1. The maximum atomic E-state index is 13.2. The summed E-state index contributed by atoms with van der Waals surface area (Å²) in [5.41, 5.74) is 3.17. The van der Waals surface area contributed by atoms with E-state index >= 15 is 0 Å². The van der Waals surface area contributed by atoms with Crippen molar-refractivity contribution in [3.8, 4) is 11.5 Å². The third-order valence-electron chi connectivity index (χ3n) is 5.00. The highest BCUT2D eigenvalue weighted by Crippen LogP contribution is 2.40. The Kier molecular flexibility index (Phi) is 5.96. The third kappa shape index (κ3) is 4.22. The van der Waals surface area contributed by atoms with Gasteiger partial charge in [-0.3, -0.25) is 9.69 Å². The fourth-order valence-electron chi connectivity index (χ4n) is 3.57. The number of ether oxygens (including phenoxy) is 3. The molecule has 0 fully saturated rings. The van der Waals surface area contributed by atoms with Crippen LogP contribution in [0.25, 0.3) is 0 Å². The molecular weight excluding hydrogens is 349 g/mol. The Morgan fingerprint density at radius 3 is 2.41 bits per heavy atom. The lowest BCUT2D eigenvalue weighted by molar-refractivity contribution is -0.142. The molecule has 6 heteroatoms. The molecule has 5 nitrogen and oxygen atoms in total. The van der Waals surface area contributed by atoms with Crippen LogP contribution in [0.3, 0.4) is 0 Å². The van der Waals surface area contributed by atoms with Gasteiger partial charge in [-0.05, 0) is 47.4 Å². The predicted molar refractivity (Wildman–Crippen MR) is 99.4 cm³/mol. The zero-order valence-corrected chi connectivity index (χ0v) is 15.8. The minimum absolute atomic E-state index is 0.147. The highest BCUT2D eigenvalue weighted by atomic mass is 19.1. The van der Waals surface area contributed by atoms with Crippen molar-refractivity contribution in [2.45, 2.75) is 25.4 Å². The number of carbonyl (C=O) groups is 1. The molecule has 2 aromatic carbocycles. The van der Waals surface area contributed by atoms with E-state index in [1.54, 1.807) is 26.4 Å². The van der Waals surface area contributed by atoms with Gasteiger partial charge >= 0.3 is 5.97 Å². The van der Waals surface area contributed by atoms with Crippen molar-refractivity contribution in [3.05, 3.63) is 58.9 Å². The van der Waals surface area contributed by atoms with E-state index in [2.05, 4.69) is 4.90 Å². The summed E-state index contributed by atoms with van der Waals surface area (Å²) in [5, 5.41) is 0. The van der Waals surface area contributed by atoms with Gasteiger partial charge in [0.1, 0.15) is 5.82 Å². The number of esters is 1. The van der Waals surface area contributed by atoms with Crippen molar-refractivity contribution < 1.29 is 23.4 Å². The zero-order valence-electron chi connectivity index (χ0n) is 15.8. The van der Waals surface area contributed by atoms with E-state index in [0.717, 1.165) is 29.7 Å². The Morgan fingerprint density at radius 1 is 1.11 bits per heavy atom. The Labute approximate surface area is 158 Å². The number of hydrogen-bond acceptors (Lipinski definition) is 5. The topological polar surface area (TPSA) is 48.0 Å². The quantitative estimate of drug-likeness (QED) is 0.726. The smallest absolute Gasteiger partial charge is 0.307 e. The summed E-state index contributed by atoms with van der Waals surface area (Å²) in [6.07, 6.45) is 1.06. The summed E-state index contributed by atoms with van der Waals surface area (Å²) >= 11 is 0. The van der Waals surface area contributed by atoms with Crippen LogP contribution >= 0.6 is 0 Å². The molecule has 1 atom stereocenters. The number of methoxy groups -OCH3 is 3. The van der Waals surface area contributed by atoms with E-state index in [-0.39, 0.29) is 24.2 Å². The lowest BCUT2D eigenvalue weighted by Gasteiger charge is -2.37. The molecule has 0 unspecified atom stereocenters. The van der Waals surface area contributed by atoms with Gasteiger partial charge in [0.25, 0.3) is 0 Å². The van der Waals surface area contributed by atoms with Gasteiger partial charge in [-0.15, -0.1) is 0 Å². The second-order valence-corrected chi connectivity index (χ2v) is 6.55. The van der Waals surface area contributed by atoms with Crippen molar-refractivity contribution in [2.75, 3.05) is 27.9 Å². The average molecular weight is 373 g/mol.